The summed E-state index contributed by atoms with van der Waals surface area (Å²) in [6, 6.07) is 0. The Morgan fingerprint density at radius 2 is 2.23 bits per heavy atom. The molecule has 1 N–H and O–H groups in total. The Labute approximate surface area is 79.7 Å². The zero-order chi connectivity index (χ0) is 10.1. The van der Waals surface area contributed by atoms with Crippen LogP contribution in [0.1, 0.15) is 0 Å². The standard InChI is InChI=1S/C6H5ClN2O3S/c1-13(11,12)6-8-4(3-10)2-5(7)9-6/h2H,1H3,(H,8,9). The lowest BCUT2D eigenvalue weighted by atomic mass is 10.4. The molecule has 0 saturated carbocycles. The molecule has 0 bridgehead atoms. The third-order valence-corrected chi connectivity index (χ3v) is 2.26. The predicted octanol–water partition coefficient (Wildman–Crippen LogP) is -0.214. The predicted molar refractivity (Wildman–Crippen MR) is 48.6 cm³/mol. The molecule has 0 spiro atoms. The van der Waals surface area contributed by atoms with E-state index in [9.17, 15) is 13.2 Å². The molecule has 0 atom stereocenters. The van der Waals surface area contributed by atoms with Crippen molar-refractivity contribution in [1.29, 1.82) is 0 Å². The summed E-state index contributed by atoms with van der Waals surface area (Å²) in [6.07, 6.45) is 2.14. The molecule has 0 amide bonds. The maximum Gasteiger partial charge on any atom is 0.227 e. The molecular formula is C6H5ClN2O3S. The van der Waals surface area contributed by atoms with Crippen LogP contribution in [0.3, 0.4) is 0 Å². The quantitative estimate of drug-likeness (QED) is 0.453. The van der Waals surface area contributed by atoms with Crippen molar-refractivity contribution in [3.8, 4) is 0 Å². The number of sulfone groups is 1. The van der Waals surface area contributed by atoms with Crippen molar-refractivity contribution in [1.82, 2.24) is 5.32 Å². The molecule has 0 aliphatic carbocycles. The van der Waals surface area contributed by atoms with Crippen LogP contribution < -0.4 is 5.32 Å². The molecule has 0 unspecified atom stereocenters. The molecular weight excluding hydrogens is 216 g/mol. The second-order valence-electron chi connectivity index (χ2n) is 2.30. The summed E-state index contributed by atoms with van der Waals surface area (Å²) >= 11 is 5.46. The van der Waals surface area contributed by atoms with Gasteiger partial charge in [0.1, 0.15) is 10.9 Å². The van der Waals surface area contributed by atoms with Crippen molar-refractivity contribution >= 4 is 32.5 Å². The van der Waals surface area contributed by atoms with Crippen LogP contribution in [0.2, 0.25) is 0 Å². The van der Waals surface area contributed by atoms with Gasteiger partial charge in [-0.25, -0.2) is 18.2 Å². The van der Waals surface area contributed by atoms with E-state index in [1.54, 1.807) is 0 Å². The number of allylic oxidation sites excluding steroid dienone is 1. The van der Waals surface area contributed by atoms with Gasteiger partial charge in [-0.15, -0.1) is 0 Å². The Morgan fingerprint density at radius 3 is 2.69 bits per heavy atom. The zero-order valence-electron chi connectivity index (χ0n) is 6.54. The lowest BCUT2D eigenvalue weighted by molar-refractivity contribution is 0.566. The largest absolute Gasteiger partial charge is 0.321 e. The lowest BCUT2D eigenvalue weighted by Crippen LogP contribution is -2.31. The fraction of sp³-hybridized carbons (Fsp3) is 0.167. The van der Waals surface area contributed by atoms with E-state index in [0.29, 0.717) is 0 Å². The number of rotatable bonds is 0. The molecule has 7 heteroatoms. The van der Waals surface area contributed by atoms with Gasteiger partial charge in [-0.2, -0.15) is 0 Å². The van der Waals surface area contributed by atoms with Crippen LogP contribution in [0.15, 0.2) is 21.9 Å². The summed E-state index contributed by atoms with van der Waals surface area (Å²) in [5.41, 5.74) is -0.0552. The van der Waals surface area contributed by atoms with E-state index in [4.69, 9.17) is 11.6 Å². The van der Waals surface area contributed by atoms with Gasteiger partial charge in [0.2, 0.25) is 15.0 Å². The number of hydrogen-bond acceptors (Lipinski definition) is 5. The summed E-state index contributed by atoms with van der Waals surface area (Å²) < 4.78 is 21.9. The molecule has 0 fully saturated rings. The van der Waals surface area contributed by atoms with E-state index in [-0.39, 0.29) is 16.0 Å². The highest BCUT2D eigenvalue weighted by Gasteiger charge is 2.18. The lowest BCUT2D eigenvalue weighted by Gasteiger charge is -2.10. The minimum absolute atomic E-state index is 0.0552. The molecule has 0 radical (unpaired) electrons. The number of carbonyl (C=O) groups excluding carboxylic acids is 1. The van der Waals surface area contributed by atoms with Crippen molar-refractivity contribution in [2.75, 3.05) is 6.26 Å². The summed E-state index contributed by atoms with van der Waals surface area (Å²) in [5, 5.41) is 1.85. The van der Waals surface area contributed by atoms with Gasteiger partial charge in [0, 0.05) is 12.3 Å². The van der Waals surface area contributed by atoms with Crippen LogP contribution >= 0.6 is 11.6 Å². The highest BCUT2D eigenvalue weighted by atomic mass is 35.5. The monoisotopic (exact) mass is 220 g/mol. The minimum atomic E-state index is -3.49. The van der Waals surface area contributed by atoms with E-state index in [1.165, 1.54) is 12.0 Å². The minimum Gasteiger partial charge on any atom is -0.321 e. The van der Waals surface area contributed by atoms with Crippen LogP contribution in [0, 0.1) is 0 Å². The number of hydrogen-bond donors (Lipinski definition) is 1. The number of amidine groups is 1. The van der Waals surface area contributed by atoms with Gasteiger partial charge in [-0.3, -0.25) is 0 Å². The van der Waals surface area contributed by atoms with Gasteiger partial charge in [-0.05, 0) is 0 Å². The first-order valence-electron chi connectivity index (χ1n) is 3.11. The molecule has 1 rings (SSSR count). The SMILES string of the molecule is CS(=O)(=O)C1=NC(Cl)=CC(=C=O)N1. The zero-order valence-corrected chi connectivity index (χ0v) is 8.11. The van der Waals surface area contributed by atoms with Crippen LogP contribution in [-0.2, 0) is 14.6 Å². The molecule has 1 aliphatic rings. The Bertz CT molecular complexity index is 442. The Morgan fingerprint density at radius 1 is 1.62 bits per heavy atom. The molecule has 1 aliphatic heterocycles. The maximum atomic E-state index is 11.0. The number of nitrogens with zero attached hydrogens (tertiary/aromatic N) is 1. The third-order valence-electron chi connectivity index (χ3n) is 1.17. The summed E-state index contributed by atoms with van der Waals surface area (Å²) in [6.45, 7) is 0. The topological polar surface area (TPSA) is 75.6 Å². The second-order valence-corrected chi connectivity index (χ2v) is 4.62. The Balaban J connectivity index is 3.20. The highest BCUT2D eigenvalue weighted by molar-refractivity contribution is 8.05. The fourth-order valence-electron chi connectivity index (χ4n) is 0.658. The van der Waals surface area contributed by atoms with E-state index >= 15 is 0 Å². The van der Waals surface area contributed by atoms with Gasteiger partial charge in [0.05, 0.1) is 0 Å². The second kappa shape index (κ2) is 3.33. The summed E-state index contributed by atoms with van der Waals surface area (Å²) in [7, 11) is -3.49. The van der Waals surface area contributed by atoms with Crippen molar-refractivity contribution < 1.29 is 13.2 Å². The van der Waals surface area contributed by atoms with E-state index in [1.807, 2.05) is 0 Å². The highest BCUT2D eigenvalue weighted by Crippen LogP contribution is 2.11. The first kappa shape index (κ1) is 9.98. The van der Waals surface area contributed by atoms with Crippen molar-refractivity contribution in [2.45, 2.75) is 0 Å². The van der Waals surface area contributed by atoms with E-state index < -0.39 is 9.84 Å². The Hall–Kier alpha value is -1.10. The molecule has 70 valence electrons. The molecule has 13 heavy (non-hydrogen) atoms. The first-order valence-corrected chi connectivity index (χ1v) is 5.38. The Kier molecular flexibility index (Phi) is 2.56. The number of halogens is 1. The average Bonchev–Trinajstić information content (AvgIpc) is 2.01. The van der Waals surface area contributed by atoms with Crippen LogP contribution in [0.25, 0.3) is 0 Å². The first-order chi connectivity index (χ1) is 5.93. The van der Waals surface area contributed by atoms with Crippen molar-refractivity contribution in [3.63, 3.8) is 0 Å². The van der Waals surface area contributed by atoms with Crippen LogP contribution in [0.4, 0.5) is 0 Å². The normalized spacial score (nSPS) is 16.9. The number of nitrogens with one attached hydrogen (secondary N) is 1. The molecule has 5 nitrogen and oxygen atoms in total. The van der Waals surface area contributed by atoms with Gasteiger partial charge in [0.25, 0.3) is 0 Å². The van der Waals surface area contributed by atoms with Gasteiger partial charge in [-0.1, -0.05) is 11.6 Å². The van der Waals surface area contributed by atoms with Crippen molar-refractivity contribution in [3.05, 3.63) is 16.9 Å². The summed E-state index contributed by atoms with van der Waals surface area (Å²) in [4.78, 5) is 13.7. The average molecular weight is 221 g/mol. The van der Waals surface area contributed by atoms with Gasteiger partial charge in [0.15, 0.2) is 5.94 Å². The molecule has 0 saturated heterocycles. The van der Waals surface area contributed by atoms with Gasteiger partial charge < -0.3 is 5.32 Å². The molecule has 1 heterocycles. The fourth-order valence-corrected chi connectivity index (χ4v) is 1.46. The van der Waals surface area contributed by atoms with E-state index in [2.05, 4.69) is 10.3 Å². The van der Waals surface area contributed by atoms with E-state index in [0.717, 1.165) is 6.26 Å². The molecule has 0 aromatic carbocycles. The van der Waals surface area contributed by atoms with Gasteiger partial charge >= 0.3 is 0 Å². The smallest absolute Gasteiger partial charge is 0.227 e. The number of aliphatic imine (C=N–C) groups is 1. The molecule has 0 aromatic rings. The molecule has 0 aromatic heterocycles. The maximum absolute atomic E-state index is 11.0. The summed E-state index contributed by atoms with van der Waals surface area (Å²) in [5.74, 6) is 1.49. The van der Waals surface area contributed by atoms with Crippen LogP contribution in [0.5, 0.6) is 0 Å². The van der Waals surface area contributed by atoms with Crippen molar-refractivity contribution in [2.24, 2.45) is 4.99 Å². The third kappa shape index (κ3) is 2.42. The van der Waals surface area contributed by atoms with Crippen LogP contribution in [-0.4, -0.2) is 25.8 Å².